The van der Waals surface area contributed by atoms with Crippen molar-refractivity contribution in [2.24, 2.45) is 5.92 Å². The first-order valence-electron chi connectivity index (χ1n) is 5.95. The Bertz CT molecular complexity index is 435. The van der Waals surface area contributed by atoms with Gasteiger partial charge in [-0.1, -0.05) is 11.6 Å². The van der Waals surface area contributed by atoms with Gasteiger partial charge < -0.3 is 9.47 Å². The Morgan fingerprint density at radius 2 is 2.24 bits per heavy atom. The van der Waals surface area contributed by atoms with Crippen LogP contribution in [-0.2, 0) is 22.5 Å². The second kappa shape index (κ2) is 4.52. The molecule has 5 heteroatoms. The molecule has 4 nitrogen and oxygen atoms in total. The zero-order chi connectivity index (χ0) is 11.8. The van der Waals surface area contributed by atoms with E-state index >= 15 is 0 Å². The van der Waals surface area contributed by atoms with Crippen molar-refractivity contribution < 1.29 is 9.47 Å². The summed E-state index contributed by atoms with van der Waals surface area (Å²) in [5.74, 6) is 1.30. The van der Waals surface area contributed by atoms with Crippen molar-refractivity contribution in [1.29, 1.82) is 0 Å². The minimum absolute atomic E-state index is 0.000597. The van der Waals surface area contributed by atoms with Gasteiger partial charge in [0.1, 0.15) is 11.3 Å². The topological polar surface area (TPSA) is 44.2 Å². The van der Waals surface area contributed by atoms with E-state index in [4.69, 9.17) is 21.1 Å². The number of rotatable bonds is 3. The summed E-state index contributed by atoms with van der Waals surface area (Å²) in [6, 6.07) is 0. The highest BCUT2D eigenvalue weighted by atomic mass is 35.5. The van der Waals surface area contributed by atoms with E-state index in [1.54, 1.807) is 7.11 Å². The fourth-order valence-corrected chi connectivity index (χ4v) is 2.50. The Kier molecular flexibility index (Phi) is 3.03. The van der Waals surface area contributed by atoms with Crippen LogP contribution in [0.2, 0.25) is 5.15 Å². The Hall–Kier alpha value is -0.710. The number of hydrogen-bond acceptors (Lipinski definition) is 4. The molecule has 1 atom stereocenters. The van der Waals surface area contributed by atoms with Crippen LogP contribution in [0.15, 0.2) is 0 Å². The maximum Gasteiger partial charge on any atom is 0.159 e. The zero-order valence-corrected chi connectivity index (χ0v) is 10.5. The number of hydrogen-bond donors (Lipinski definition) is 0. The summed E-state index contributed by atoms with van der Waals surface area (Å²) < 4.78 is 10.9. The van der Waals surface area contributed by atoms with Crippen molar-refractivity contribution in [3.05, 3.63) is 22.2 Å². The molecule has 1 unspecified atom stereocenters. The third-order valence-electron chi connectivity index (χ3n) is 3.35. The number of methoxy groups -OCH3 is 1. The van der Waals surface area contributed by atoms with Gasteiger partial charge in [0, 0.05) is 19.1 Å². The fourth-order valence-electron chi connectivity index (χ4n) is 2.25. The molecule has 0 spiro atoms. The number of nitrogens with zero attached hydrogens (tertiary/aromatic N) is 2. The van der Waals surface area contributed by atoms with Crippen LogP contribution in [0.1, 0.15) is 36.0 Å². The molecule has 0 N–H and O–H groups in total. The third-order valence-corrected chi connectivity index (χ3v) is 3.66. The van der Waals surface area contributed by atoms with Gasteiger partial charge in [-0.05, 0) is 18.8 Å². The molecular formula is C12H15ClN2O2. The molecule has 0 aromatic carbocycles. The van der Waals surface area contributed by atoms with Gasteiger partial charge >= 0.3 is 0 Å². The summed E-state index contributed by atoms with van der Waals surface area (Å²) in [5, 5.41) is 0.521. The lowest BCUT2D eigenvalue weighted by molar-refractivity contribution is 0.0752. The van der Waals surface area contributed by atoms with Crippen molar-refractivity contribution >= 4 is 11.6 Å². The monoisotopic (exact) mass is 254 g/mol. The van der Waals surface area contributed by atoms with E-state index in [1.807, 2.05) is 0 Å². The molecule has 2 heterocycles. The summed E-state index contributed by atoms with van der Waals surface area (Å²) in [6.07, 6.45) is 3.20. The molecule has 1 saturated carbocycles. The molecule has 92 valence electrons. The largest absolute Gasteiger partial charge is 0.376 e. The van der Waals surface area contributed by atoms with Crippen LogP contribution in [-0.4, -0.2) is 23.7 Å². The molecule has 2 aliphatic rings. The van der Waals surface area contributed by atoms with Crippen LogP contribution in [0, 0.1) is 5.92 Å². The second-order valence-electron chi connectivity index (χ2n) is 4.59. The number of fused-ring (bicyclic) bond motifs is 1. The van der Waals surface area contributed by atoms with Crippen molar-refractivity contribution in [3.63, 3.8) is 0 Å². The SMILES string of the molecule is COC(c1nc(Cl)c2c(n1)CCOC2)C1CC1. The zero-order valence-electron chi connectivity index (χ0n) is 9.78. The van der Waals surface area contributed by atoms with Gasteiger partial charge in [0.2, 0.25) is 0 Å². The first-order valence-corrected chi connectivity index (χ1v) is 6.33. The molecule has 0 radical (unpaired) electrons. The summed E-state index contributed by atoms with van der Waals surface area (Å²) >= 11 is 6.19. The molecule has 3 rings (SSSR count). The average Bonchev–Trinajstić information content (AvgIpc) is 3.15. The number of halogens is 1. The molecule has 1 aromatic heterocycles. The van der Waals surface area contributed by atoms with Crippen LogP contribution >= 0.6 is 11.6 Å². The predicted octanol–water partition coefficient (Wildman–Crippen LogP) is 2.30. The van der Waals surface area contributed by atoms with E-state index in [-0.39, 0.29) is 6.10 Å². The molecule has 1 aliphatic heterocycles. The normalized spacial score (nSPS) is 21.1. The Labute approximate surface area is 105 Å². The lowest BCUT2D eigenvalue weighted by Gasteiger charge is -2.20. The van der Waals surface area contributed by atoms with Gasteiger partial charge in [0.15, 0.2) is 5.82 Å². The van der Waals surface area contributed by atoms with Gasteiger partial charge in [0.25, 0.3) is 0 Å². The second-order valence-corrected chi connectivity index (χ2v) is 4.95. The fraction of sp³-hybridized carbons (Fsp3) is 0.667. The quantitative estimate of drug-likeness (QED) is 0.777. The predicted molar refractivity (Wildman–Crippen MR) is 62.9 cm³/mol. The lowest BCUT2D eigenvalue weighted by atomic mass is 10.1. The maximum absolute atomic E-state index is 6.19. The standard InChI is InChI=1S/C12H15ClN2O2/c1-16-10(7-2-3-7)12-14-9-4-5-17-6-8(9)11(13)15-12/h7,10H,2-6H2,1H3. The van der Waals surface area contributed by atoms with Gasteiger partial charge in [-0.15, -0.1) is 0 Å². The molecule has 17 heavy (non-hydrogen) atoms. The minimum Gasteiger partial charge on any atom is -0.376 e. The van der Waals surface area contributed by atoms with Crippen LogP contribution in [0.4, 0.5) is 0 Å². The van der Waals surface area contributed by atoms with Crippen molar-refractivity contribution in [2.75, 3.05) is 13.7 Å². The van der Waals surface area contributed by atoms with Crippen LogP contribution in [0.3, 0.4) is 0 Å². The number of aromatic nitrogens is 2. The highest BCUT2D eigenvalue weighted by molar-refractivity contribution is 6.30. The highest BCUT2D eigenvalue weighted by Crippen LogP contribution is 2.42. The van der Waals surface area contributed by atoms with Crippen molar-refractivity contribution in [3.8, 4) is 0 Å². The van der Waals surface area contributed by atoms with E-state index in [0.29, 0.717) is 24.3 Å². The van der Waals surface area contributed by atoms with E-state index in [0.717, 1.165) is 23.5 Å². The Balaban J connectivity index is 1.97. The molecule has 1 aromatic rings. The van der Waals surface area contributed by atoms with Gasteiger partial charge in [-0.25, -0.2) is 9.97 Å². The number of ether oxygens (including phenoxy) is 2. The van der Waals surface area contributed by atoms with Crippen LogP contribution < -0.4 is 0 Å². The van der Waals surface area contributed by atoms with Gasteiger partial charge in [0.05, 0.1) is 18.9 Å². The van der Waals surface area contributed by atoms with Crippen LogP contribution in [0.5, 0.6) is 0 Å². The minimum atomic E-state index is 0.000597. The highest BCUT2D eigenvalue weighted by Gasteiger charge is 2.35. The van der Waals surface area contributed by atoms with Crippen molar-refractivity contribution in [1.82, 2.24) is 9.97 Å². The van der Waals surface area contributed by atoms with E-state index in [2.05, 4.69) is 9.97 Å². The molecule has 0 saturated heterocycles. The molecule has 1 aliphatic carbocycles. The first-order chi connectivity index (χ1) is 8.29. The van der Waals surface area contributed by atoms with E-state index in [9.17, 15) is 0 Å². The smallest absolute Gasteiger partial charge is 0.159 e. The first kappa shape index (κ1) is 11.4. The van der Waals surface area contributed by atoms with Gasteiger partial charge in [-0.2, -0.15) is 0 Å². The molecular weight excluding hydrogens is 240 g/mol. The molecule has 1 fully saturated rings. The summed E-state index contributed by atoms with van der Waals surface area (Å²) in [4.78, 5) is 8.97. The Morgan fingerprint density at radius 1 is 1.41 bits per heavy atom. The van der Waals surface area contributed by atoms with E-state index < -0.39 is 0 Å². The van der Waals surface area contributed by atoms with Crippen LogP contribution in [0.25, 0.3) is 0 Å². The van der Waals surface area contributed by atoms with Crippen molar-refractivity contribution in [2.45, 2.75) is 32.0 Å². The summed E-state index contributed by atoms with van der Waals surface area (Å²) in [6.45, 7) is 1.23. The lowest BCUT2D eigenvalue weighted by Crippen LogP contribution is -2.17. The Morgan fingerprint density at radius 3 is 2.94 bits per heavy atom. The summed E-state index contributed by atoms with van der Waals surface area (Å²) in [7, 11) is 1.71. The molecule has 0 amide bonds. The molecule has 0 bridgehead atoms. The third kappa shape index (κ3) is 2.17. The average molecular weight is 255 g/mol. The van der Waals surface area contributed by atoms with Gasteiger partial charge in [-0.3, -0.25) is 0 Å². The van der Waals surface area contributed by atoms with E-state index in [1.165, 1.54) is 12.8 Å². The maximum atomic E-state index is 6.19. The summed E-state index contributed by atoms with van der Waals surface area (Å²) in [5.41, 5.74) is 1.96.